The third kappa shape index (κ3) is 1.82. The molecule has 2 atom stereocenters. The van der Waals surface area contributed by atoms with E-state index in [0.717, 1.165) is 15.6 Å². The zero-order chi connectivity index (χ0) is 11.9. The van der Waals surface area contributed by atoms with E-state index in [2.05, 4.69) is 37.2 Å². The summed E-state index contributed by atoms with van der Waals surface area (Å²) in [5.41, 5.74) is 1.86. The normalized spacial score (nSPS) is 24.7. The second-order valence-electron chi connectivity index (χ2n) is 3.69. The van der Waals surface area contributed by atoms with Gasteiger partial charge in [0.1, 0.15) is 4.83 Å². The summed E-state index contributed by atoms with van der Waals surface area (Å²) in [5, 5.41) is 2.32. The Bertz CT molecular complexity index is 473. The van der Waals surface area contributed by atoms with Crippen LogP contribution in [0, 0.1) is 6.92 Å². The molecule has 1 aliphatic heterocycles. The molecule has 0 bridgehead atoms. The van der Waals surface area contributed by atoms with Gasteiger partial charge in [-0.15, -0.1) is 0 Å². The summed E-state index contributed by atoms with van der Waals surface area (Å²) in [6.45, 7) is 1.93. The highest BCUT2D eigenvalue weighted by molar-refractivity contribution is 9.10. The molecule has 2 unspecified atom stereocenters. The summed E-state index contributed by atoms with van der Waals surface area (Å²) in [7, 11) is 0. The summed E-state index contributed by atoms with van der Waals surface area (Å²) in [5.74, 6) is -0.951. The van der Waals surface area contributed by atoms with E-state index in [1.807, 2.05) is 25.1 Å². The first-order valence-electron chi connectivity index (χ1n) is 4.76. The van der Waals surface area contributed by atoms with Crippen molar-refractivity contribution >= 4 is 43.7 Å². The Hall–Kier alpha value is -0.680. The monoisotopic (exact) mass is 345 g/mol. The molecular weight excluding hydrogens is 338 g/mol. The Morgan fingerprint density at radius 3 is 2.50 bits per heavy atom. The van der Waals surface area contributed by atoms with Gasteiger partial charge in [-0.2, -0.15) is 0 Å². The van der Waals surface area contributed by atoms with Gasteiger partial charge in [0.15, 0.2) is 0 Å². The van der Waals surface area contributed by atoms with Gasteiger partial charge in [0.2, 0.25) is 11.8 Å². The van der Waals surface area contributed by atoms with Crippen molar-refractivity contribution in [2.45, 2.75) is 17.7 Å². The Morgan fingerprint density at radius 2 is 1.94 bits per heavy atom. The van der Waals surface area contributed by atoms with E-state index in [1.54, 1.807) is 0 Å². The van der Waals surface area contributed by atoms with Crippen molar-refractivity contribution in [3.63, 3.8) is 0 Å². The smallest absolute Gasteiger partial charge is 0.241 e. The summed E-state index contributed by atoms with van der Waals surface area (Å²) in [6.07, 6.45) is 0. The van der Waals surface area contributed by atoms with Crippen LogP contribution in [-0.4, -0.2) is 16.6 Å². The van der Waals surface area contributed by atoms with Gasteiger partial charge in [0, 0.05) is 4.47 Å². The Morgan fingerprint density at radius 1 is 1.25 bits per heavy atom. The molecule has 84 valence electrons. The number of nitrogens with one attached hydrogen (secondary N) is 1. The molecule has 1 aromatic rings. The lowest BCUT2D eigenvalue weighted by Gasteiger charge is -2.14. The fourth-order valence-corrected chi connectivity index (χ4v) is 2.83. The SMILES string of the molecule is Cc1c(Br)cccc1C1C(=O)NC(=O)C1Br. The molecule has 0 spiro atoms. The summed E-state index contributed by atoms with van der Waals surface area (Å²) in [4.78, 5) is 22.6. The number of halogens is 2. The number of imide groups is 1. The summed E-state index contributed by atoms with van der Waals surface area (Å²) in [6, 6.07) is 5.65. The first-order chi connectivity index (χ1) is 7.52. The molecule has 1 aliphatic rings. The number of alkyl halides is 1. The lowest BCUT2D eigenvalue weighted by molar-refractivity contribution is -0.125. The fraction of sp³-hybridized carbons (Fsp3) is 0.273. The van der Waals surface area contributed by atoms with E-state index < -0.39 is 10.7 Å². The van der Waals surface area contributed by atoms with Crippen LogP contribution in [0.3, 0.4) is 0 Å². The minimum atomic E-state index is -0.479. The van der Waals surface area contributed by atoms with Crippen LogP contribution < -0.4 is 5.32 Å². The second kappa shape index (κ2) is 4.30. The number of rotatable bonds is 1. The van der Waals surface area contributed by atoms with Crippen molar-refractivity contribution < 1.29 is 9.59 Å². The molecule has 0 saturated carbocycles. The highest BCUT2D eigenvalue weighted by atomic mass is 79.9. The van der Waals surface area contributed by atoms with Crippen molar-refractivity contribution in [3.8, 4) is 0 Å². The number of carbonyl (C=O) groups is 2. The summed E-state index contributed by atoms with van der Waals surface area (Å²) >= 11 is 6.67. The van der Waals surface area contributed by atoms with E-state index in [1.165, 1.54) is 0 Å². The predicted octanol–water partition coefficient (Wildman–Crippen LogP) is 2.26. The minimum absolute atomic E-state index is 0.243. The molecule has 3 nitrogen and oxygen atoms in total. The third-order valence-electron chi connectivity index (χ3n) is 2.72. The van der Waals surface area contributed by atoms with Gasteiger partial charge in [-0.1, -0.05) is 44.0 Å². The van der Waals surface area contributed by atoms with E-state index in [-0.39, 0.29) is 11.8 Å². The Labute approximate surface area is 110 Å². The maximum atomic E-state index is 11.7. The van der Waals surface area contributed by atoms with Crippen LogP contribution in [0.2, 0.25) is 0 Å². The fourth-order valence-electron chi connectivity index (χ4n) is 1.81. The molecule has 1 fully saturated rings. The number of amides is 2. The van der Waals surface area contributed by atoms with E-state index in [0.29, 0.717) is 0 Å². The first kappa shape index (κ1) is 11.8. The number of benzene rings is 1. The molecule has 1 heterocycles. The first-order valence-corrected chi connectivity index (χ1v) is 6.47. The molecule has 0 aliphatic carbocycles. The average Bonchev–Trinajstić information content (AvgIpc) is 2.47. The van der Waals surface area contributed by atoms with Gasteiger partial charge in [-0.3, -0.25) is 14.9 Å². The molecular formula is C11H9Br2NO2. The lowest BCUT2D eigenvalue weighted by Crippen LogP contribution is -2.22. The van der Waals surface area contributed by atoms with Gasteiger partial charge in [0.25, 0.3) is 0 Å². The summed E-state index contributed by atoms with van der Waals surface area (Å²) < 4.78 is 0.942. The van der Waals surface area contributed by atoms with Crippen LogP contribution >= 0.6 is 31.9 Å². The zero-order valence-corrected chi connectivity index (χ0v) is 11.6. The van der Waals surface area contributed by atoms with Crippen molar-refractivity contribution in [1.29, 1.82) is 0 Å². The topological polar surface area (TPSA) is 46.2 Å². The maximum Gasteiger partial charge on any atom is 0.241 e. The van der Waals surface area contributed by atoms with E-state index in [9.17, 15) is 9.59 Å². The van der Waals surface area contributed by atoms with E-state index >= 15 is 0 Å². The van der Waals surface area contributed by atoms with Crippen molar-refractivity contribution in [1.82, 2.24) is 5.32 Å². The van der Waals surface area contributed by atoms with Crippen LogP contribution in [0.15, 0.2) is 22.7 Å². The number of hydrogen-bond acceptors (Lipinski definition) is 2. The molecule has 16 heavy (non-hydrogen) atoms. The maximum absolute atomic E-state index is 11.7. The standard InChI is InChI=1S/C11H9Br2NO2/c1-5-6(3-2-4-7(5)12)8-9(13)11(16)14-10(8)15/h2-4,8-9H,1H3,(H,14,15,16). The second-order valence-corrected chi connectivity index (χ2v) is 5.53. The largest absolute Gasteiger partial charge is 0.295 e. The number of carbonyl (C=O) groups excluding carboxylic acids is 2. The van der Waals surface area contributed by atoms with Crippen LogP contribution in [0.1, 0.15) is 17.0 Å². The van der Waals surface area contributed by atoms with Crippen molar-refractivity contribution in [3.05, 3.63) is 33.8 Å². The molecule has 1 N–H and O–H groups in total. The third-order valence-corrected chi connectivity index (χ3v) is 4.52. The van der Waals surface area contributed by atoms with E-state index in [4.69, 9.17) is 0 Å². The van der Waals surface area contributed by atoms with Crippen LogP contribution in [-0.2, 0) is 9.59 Å². The molecule has 5 heteroatoms. The number of hydrogen-bond donors (Lipinski definition) is 1. The molecule has 0 radical (unpaired) electrons. The van der Waals surface area contributed by atoms with Crippen LogP contribution in [0.25, 0.3) is 0 Å². The van der Waals surface area contributed by atoms with Gasteiger partial charge >= 0.3 is 0 Å². The highest BCUT2D eigenvalue weighted by Crippen LogP contribution is 2.34. The lowest BCUT2D eigenvalue weighted by atomic mass is 9.93. The minimum Gasteiger partial charge on any atom is -0.295 e. The Kier molecular flexibility index (Phi) is 3.17. The average molecular weight is 347 g/mol. The van der Waals surface area contributed by atoms with Crippen LogP contribution in [0.4, 0.5) is 0 Å². The van der Waals surface area contributed by atoms with Gasteiger partial charge in [0.05, 0.1) is 5.92 Å². The highest BCUT2D eigenvalue weighted by Gasteiger charge is 2.41. The molecule has 2 rings (SSSR count). The van der Waals surface area contributed by atoms with Gasteiger partial charge < -0.3 is 0 Å². The molecule has 0 aromatic heterocycles. The van der Waals surface area contributed by atoms with Crippen molar-refractivity contribution in [2.75, 3.05) is 0 Å². The predicted molar refractivity (Wildman–Crippen MR) is 67.5 cm³/mol. The molecule has 1 aromatic carbocycles. The van der Waals surface area contributed by atoms with Gasteiger partial charge in [-0.25, -0.2) is 0 Å². The quantitative estimate of drug-likeness (QED) is 0.626. The molecule has 1 saturated heterocycles. The Balaban J connectivity index is 2.48. The van der Waals surface area contributed by atoms with Gasteiger partial charge in [-0.05, 0) is 24.1 Å². The molecule has 2 amide bonds. The zero-order valence-electron chi connectivity index (χ0n) is 8.46. The van der Waals surface area contributed by atoms with Crippen molar-refractivity contribution in [2.24, 2.45) is 0 Å². The van der Waals surface area contributed by atoms with Crippen LogP contribution in [0.5, 0.6) is 0 Å².